The molecule has 0 saturated carbocycles. The Morgan fingerprint density at radius 3 is 2.69 bits per heavy atom. The summed E-state index contributed by atoms with van der Waals surface area (Å²) in [4.78, 5) is 19.7. The van der Waals surface area contributed by atoms with Gasteiger partial charge in [-0.3, -0.25) is 4.89 Å². The highest BCUT2D eigenvalue weighted by atomic mass is 17.2. The molecule has 1 rings (SSSR count). The number of ether oxygens (including phenoxy) is 1. The molecule has 0 bridgehead atoms. The molecule has 0 aliphatic rings. The third-order valence-electron chi connectivity index (χ3n) is 1.46. The van der Waals surface area contributed by atoms with E-state index < -0.39 is 5.97 Å². The van der Waals surface area contributed by atoms with E-state index in [-0.39, 0.29) is 0 Å². The van der Waals surface area contributed by atoms with Crippen LogP contribution in [0.2, 0.25) is 0 Å². The van der Waals surface area contributed by atoms with Gasteiger partial charge in [0.05, 0.1) is 19.8 Å². The second-order valence-corrected chi connectivity index (χ2v) is 2.27. The highest BCUT2D eigenvalue weighted by molar-refractivity contribution is 5.89. The molecule has 0 radical (unpaired) electrons. The van der Waals surface area contributed by atoms with E-state index in [1.807, 2.05) is 0 Å². The van der Waals surface area contributed by atoms with E-state index in [4.69, 9.17) is 4.74 Å². The van der Waals surface area contributed by atoms with Crippen LogP contribution in [0, 0.1) is 0 Å². The van der Waals surface area contributed by atoms with Gasteiger partial charge in [0.2, 0.25) is 0 Å². The van der Waals surface area contributed by atoms with Gasteiger partial charge in [0.25, 0.3) is 0 Å². The van der Waals surface area contributed by atoms with E-state index in [0.717, 1.165) is 0 Å². The molecule has 4 nitrogen and oxygen atoms in total. The Morgan fingerprint density at radius 2 is 2.08 bits per heavy atom. The van der Waals surface area contributed by atoms with Crippen LogP contribution in [0.25, 0.3) is 0 Å². The second kappa shape index (κ2) is 4.47. The van der Waals surface area contributed by atoms with E-state index in [1.165, 1.54) is 14.2 Å². The molecular formula is C9H10O4. The summed E-state index contributed by atoms with van der Waals surface area (Å²) < 4.78 is 4.93. The number of carbonyl (C=O) groups is 1. The first kappa shape index (κ1) is 9.54. The predicted molar refractivity (Wildman–Crippen MR) is 45.4 cm³/mol. The van der Waals surface area contributed by atoms with Crippen LogP contribution in [0.1, 0.15) is 10.4 Å². The molecule has 0 atom stereocenters. The maximum Gasteiger partial charge on any atom is 0.373 e. The topological polar surface area (TPSA) is 44.8 Å². The van der Waals surface area contributed by atoms with Crippen LogP contribution in [-0.2, 0) is 9.78 Å². The number of hydrogen-bond donors (Lipinski definition) is 0. The third-order valence-corrected chi connectivity index (χ3v) is 1.46. The quantitative estimate of drug-likeness (QED) is 0.523. The first-order valence-electron chi connectivity index (χ1n) is 3.67. The fraction of sp³-hybridized carbons (Fsp3) is 0.222. The molecule has 1 aromatic carbocycles. The Hall–Kier alpha value is -1.55. The minimum Gasteiger partial charge on any atom is -0.497 e. The van der Waals surface area contributed by atoms with Crippen molar-refractivity contribution in [3.8, 4) is 5.75 Å². The lowest BCUT2D eigenvalue weighted by atomic mass is 10.2. The van der Waals surface area contributed by atoms with Crippen LogP contribution in [0.3, 0.4) is 0 Å². The lowest BCUT2D eigenvalue weighted by Crippen LogP contribution is -2.03. The van der Waals surface area contributed by atoms with Crippen molar-refractivity contribution >= 4 is 5.97 Å². The Morgan fingerprint density at radius 1 is 1.31 bits per heavy atom. The van der Waals surface area contributed by atoms with Crippen molar-refractivity contribution in [3.63, 3.8) is 0 Å². The van der Waals surface area contributed by atoms with Crippen molar-refractivity contribution in [2.45, 2.75) is 0 Å². The molecular weight excluding hydrogens is 172 g/mol. The van der Waals surface area contributed by atoms with Crippen molar-refractivity contribution in [3.05, 3.63) is 29.8 Å². The van der Waals surface area contributed by atoms with Gasteiger partial charge in [0.15, 0.2) is 0 Å². The number of methoxy groups -OCH3 is 1. The van der Waals surface area contributed by atoms with Gasteiger partial charge in [-0.05, 0) is 18.2 Å². The summed E-state index contributed by atoms with van der Waals surface area (Å²) in [6.07, 6.45) is 0. The molecule has 0 spiro atoms. The molecule has 0 unspecified atom stereocenters. The average molecular weight is 182 g/mol. The maximum atomic E-state index is 11.1. The monoisotopic (exact) mass is 182 g/mol. The van der Waals surface area contributed by atoms with Crippen molar-refractivity contribution in [2.24, 2.45) is 0 Å². The fourth-order valence-corrected chi connectivity index (χ4v) is 0.874. The van der Waals surface area contributed by atoms with Gasteiger partial charge in [-0.2, -0.15) is 4.89 Å². The molecule has 0 saturated heterocycles. The molecule has 0 heterocycles. The Balaban J connectivity index is 2.82. The molecule has 0 amide bonds. The Bertz CT molecular complexity index is 295. The molecule has 70 valence electrons. The minimum absolute atomic E-state index is 0.390. The van der Waals surface area contributed by atoms with Gasteiger partial charge >= 0.3 is 5.97 Å². The zero-order chi connectivity index (χ0) is 9.68. The zero-order valence-electron chi connectivity index (χ0n) is 7.44. The highest BCUT2D eigenvalue weighted by Gasteiger charge is 2.07. The van der Waals surface area contributed by atoms with Crippen LogP contribution in [0.4, 0.5) is 0 Å². The van der Waals surface area contributed by atoms with Gasteiger partial charge in [-0.1, -0.05) is 6.07 Å². The van der Waals surface area contributed by atoms with Crippen LogP contribution in [0.15, 0.2) is 24.3 Å². The summed E-state index contributed by atoms with van der Waals surface area (Å²) in [5, 5.41) is 0. The maximum absolute atomic E-state index is 11.1. The largest absolute Gasteiger partial charge is 0.497 e. The van der Waals surface area contributed by atoms with E-state index >= 15 is 0 Å². The van der Waals surface area contributed by atoms with E-state index in [1.54, 1.807) is 24.3 Å². The zero-order valence-corrected chi connectivity index (χ0v) is 7.44. The van der Waals surface area contributed by atoms with E-state index in [2.05, 4.69) is 9.78 Å². The molecule has 1 aromatic rings. The SMILES string of the molecule is COOC(=O)c1cccc(OC)c1. The van der Waals surface area contributed by atoms with Crippen LogP contribution < -0.4 is 4.74 Å². The summed E-state index contributed by atoms with van der Waals surface area (Å²) in [6.45, 7) is 0. The summed E-state index contributed by atoms with van der Waals surface area (Å²) in [7, 11) is 2.80. The molecule has 4 heteroatoms. The molecule has 0 aromatic heterocycles. The summed E-state index contributed by atoms with van der Waals surface area (Å²) in [5.74, 6) is 0.0620. The molecule has 13 heavy (non-hydrogen) atoms. The van der Waals surface area contributed by atoms with Crippen molar-refractivity contribution in [2.75, 3.05) is 14.2 Å². The lowest BCUT2D eigenvalue weighted by Gasteiger charge is -2.02. The lowest BCUT2D eigenvalue weighted by molar-refractivity contribution is -0.216. The predicted octanol–water partition coefficient (Wildman–Crippen LogP) is 1.41. The van der Waals surface area contributed by atoms with Gasteiger partial charge in [-0.25, -0.2) is 4.79 Å². The van der Waals surface area contributed by atoms with Crippen LogP contribution in [-0.4, -0.2) is 20.2 Å². The number of hydrogen-bond acceptors (Lipinski definition) is 4. The number of benzene rings is 1. The normalized spacial score (nSPS) is 9.38. The number of carbonyl (C=O) groups excluding carboxylic acids is 1. The Labute approximate surface area is 76.0 Å². The highest BCUT2D eigenvalue weighted by Crippen LogP contribution is 2.13. The number of rotatable bonds is 3. The van der Waals surface area contributed by atoms with Gasteiger partial charge < -0.3 is 4.74 Å². The minimum atomic E-state index is -0.540. The summed E-state index contributed by atoms with van der Waals surface area (Å²) >= 11 is 0. The first-order chi connectivity index (χ1) is 6.27. The Kier molecular flexibility index (Phi) is 3.28. The van der Waals surface area contributed by atoms with Crippen molar-refractivity contribution in [1.82, 2.24) is 0 Å². The van der Waals surface area contributed by atoms with Crippen molar-refractivity contribution in [1.29, 1.82) is 0 Å². The standard InChI is InChI=1S/C9H10O4/c1-11-8-5-3-4-7(6-8)9(10)13-12-2/h3-6H,1-2H3. The van der Waals surface area contributed by atoms with E-state index in [0.29, 0.717) is 11.3 Å². The second-order valence-electron chi connectivity index (χ2n) is 2.27. The smallest absolute Gasteiger partial charge is 0.373 e. The van der Waals surface area contributed by atoms with E-state index in [9.17, 15) is 4.79 Å². The van der Waals surface area contributed by atoms with Crippen molar-refractivity contribution < 1.29 is 19.3 Å². The molecule has 0 aliphatic carbocycles. The average Bonchev–Trinajstić information content (AvgIpc) is 2.18. The molecule has 0 aliphatic heterocycles. The third kappa shape index (κ3) is 2.45. The molecule has 0 fully saturated rings. The first-order valence-corrected chi connectivity index (χ1v) is 3.67. The van der Waals surface area contributed by atoms with Crippen LogP contribution >= 0.6 is 0 Å². The summed E-state index contributed by atoms with van der Waals surface area (Å²) in [5.41, 5.74) is 0.390. The summed E-state index contributed by atoms with van der Waals surface area (Å²) in [6, 6.07) is 6.62. The van der Waals surface area contributed by atoms with Gasteiger partial charge in [0, 0.05) is 0 Å². The fourth-order valence-electron chi connectivity index (χ4n) is 0.874. The molecule has 0 N–H and O–H groups in total. The van der Waals surface area contributed by atoms with Gasteiger partial charge in [0.1, 0.15) is 5.75 Å². The van der Waals surface area contributed by atoms with Gasteiger partial charge in [-0.15, -0.1) is 0 Å². The van der Waals surface area contributed by atoms with Crippen LogP contribution in [0.5, 0.6) is 5.75 Å².